The van der Waals surface area contributed by atoms with Gasteiger partial charge in [0.05, 0.1) is 5.54 Å². The first-order valence-electron chi connectivity index (χ1n) is 5.23. The van der Waals surface area contributed by atoms with E-state index in [4.69, 9.17) is 11.6 Å². The van der Waals surface area contributed by atoms with Crippen LogP contribution in [0.5, 0.6) is 0 Å². The molecule has 1 aromatic rings. The quantitative estimate of drug-likeness (QED) is 0.842. The molecule has 1 amide bonds. The van der Waals surface area contributed by atoms with Crippen LogP contribution >= 0.6 is 11.6 Å². The maximum Gasteiger partial charge on any atom is 0.287 e. The molecule has 17 heavy (non-hydrogen) atoms. The molecule has 0 bridgehead atoms. The largest absolute Gasteiger partial charge is 0.340 e. The third-order valence-corrected chi connectivity index (χ3v) is 3.10. The van der Waals surface area contributed by atoms with Crippen LogP contribution in [0.4, 0.5) is 4.39 Å². The third kappa shape index (κ3) is 2.31. The molecule has 0 saturated heterocycles. The third-order valence-electron chi connectivity index (χ3n) is 2.87. The van der Waals surface area contributed by atoms with Crippen molar-refractivity contribution in [1.29, 1.82) is 0 Å². The highest BCUT2D eigenvalue weighted by molar-refractivity contribution is 6.35. The van der Waals surface area contributed by atoms with Crippen molar-refractivity contribution in [3.63, 3.8) is 0 Å². The number of Topliss-reactive ketones (excluding diaryl/α,β-unsaturated/α-hetero) is 1. The zero-order valence-electron chi connectivity index (χ0n) is 9.22. The Balaban J connectivity index is 2.27. The standard InChI is InChI=1S/C12H11ClFNO2/c1-7(16)11(17)15-12(4-5-12)9-3-2-8(13)6-10(9)14/h2-3,6H,4-5H2,1H3,(H,15,17). The molecule has 90 valence electrons. The van der Waals surface area contributed by atoms with Gasteiger partial charge in [-0.2, -0.15) is 0 Å². The Morgan fingerprint density at radius 1 is 1.41 bits per heavy atom. The maximum absolute atomic E-state index is 13.7. The molecule has 1 aliphatic rings. The second-order valence-electron chi connectivity index (χ2n) is 4.22. The number of halogens is 2. The highest BCUT2D eigenvalue weighted by Gasteiger charge is 2.47. The molecule has 5 heteroatoms. The van der Waals surface area contributed by atoms with E-state index in [1.807, 2.05) is 0 Å². The first-order valence-corrected chi connectivity index (χ1v) is 5.61. The Morgan fingerprint density at radius 3 is 2.53 bits per heavy atom. The lowest BCUT2D eigenvalue weighted by molar-refractivity contribution is -0.137. The van der Waals surface area contributed by atoms with Gasteiger partial charge >= 0.3 is 0 Å². The number of nitrogens with one attached hydrogen (secondary N) is 1. The van der Waals surface area contributed by atoms with Crippen LogP contribution in [-0.2, 0) is 15.1 Å². The van der Waals surface area contributed by atoms with Crippen molar-refractivity contribution in [2.45, 2.75) is 25.3 Å². The van der Waals surface area contributed by atoms with E-state index in [0.29, 0.717) is 23.4 Å². The van der Waals surface area contributed by atoms with E-state index in [9.17, 15) is 14.0 Å². The number of carbonyl (C=O) groups is 2. The smallest absolute Gasteiger partial charge is 0.287 e. The van der Waals surface area contributed by atoms with Crippen LogP contribution in [0.15, 0.2) is 18.2 Å². The molecule has 0 heterocycles. The van der Waals surface area contributed by atoms with Crippen LogP contribution in [0.25, 0.3) is 0 Å². The van der Waals surface area contributed by atoms with Crippen molar-refractivity contribution in [2.24, 2.45) is 0 Å². The Labute approximate surface area is 103 Å². The van der Waals surface area contributed by atoms with Gasteiger partial charge in [-0.25, -0.2) is 4.39 Å². The molecule has 1 aliphatic carbocycles. The van der Waals surface area contributed by atoms with Crippen LogP contribution < -0.4 is 5.32 Å². The molecule has 0 spiro atoms. The van der Waals surface area contributed by atoms with E-state index in [1.54, 1.807) is 12.1 Å². The van der Waals surface area contributed by atoms with Gasteiger partial charge in [0.1, 0.15) is 5.82 Å². The number of hydrogen-bond acceptors (Lipinski definition) is 2. The van der Waals surface area contributed by atoms with E-state index in [-0.39, 0.29) is 0 Å². The van der Waals surface area contributed by atoms with Crippen LogP contribution in [0.1, 0.15) is 25.3 Å². The predicted octanol–water partition coefficient (Wildman–Crippen LogP) is 2.17. The van der Waals surface area contributed by atoms with E-state index in [2.05, 4.69) is 5.32 Å². The summed E-state index contributed by atoms with van der Waals surface area (Å²) in [5.74, 6) is -1.72. The summed E-state index contributed by atoms with van der Waals surface area (Å²) in [5.41, 5.74) is -0.339. The number of benzene rings is 1. The van der Waals surface area contributed by atoms with E-state index in [0.717, 1.165) is 0 Å². The number of amides is 1. The predicted molar refractivity (Wildman–Crippen MR) is 61.1 cm³/mol. The van der Waals surface area contributed by atoms with Gasteiger partial charge in [0.2, 0.25) is 5.78 Å². The normalized spacial score (nSPS) is 16.4. The molecule has 0 aliphatic heterocycles. The van der Waals surface area contributed by atoms with E-state index in [1.165, 1.54) is 13.0 Å². The van der Waals surface area contributed by atoms with Crippen LogP contribution in [0.3, 0.4) is 0 Å². The minimum Gasteiger partial charge on any atom is -0.340 e. The van der Waals surface area contributed by atoms with Crippen molar-refractivity contribution >= 4 is 23.3 Å². The van der Waals surface area contributed by atoms with Crippen LogP contribution in [-0.4, -0.2) is 11.7 Å². The molecule has 1 aromatic carbocycles. The molecular formula is C12H11ClFNO2. The fourth-order valence-corrected chi connectivity index (χ4v) is 1.93. The fraction of sp³-hybridized carbons (Fsp3) is 0.333. The topological polar surface area (TPSA) is 46.2 Å². The summed E-state index contributed by atoms with van der Waals surface area (Å²) in [4.78, 5) is 22.2. The van der Waals surface area contributed by atoms with Gasteiger partial charge in [-0.3, -0.25) is 9.59 Å². The van der Waals surface area contributed by atoms with Gasteiger partial charge in [-0.05, 0) is 25.0 Å². The van der Waals surface area contributed by atoms with Crippen molar-refractivity contribution in [1.82, 2.24) is 5.32 Å². The first-order chi connectivity index (χ1) is 7.94. The lowest BCUT2D eigenvalue weighted by Gasteiger charge is -2.17. The maximum atomic E-state index is 13.7. The highest BCUT2D eigenvalue weighted by atomic mass is 35.5. The summed E-state index contributed by atoms with van der Waals surface area (Å²) in [5, 5.41) is 2.88. The Hall–Kier alpha value is -1.42. The van der Waals surface area contributed by atoms with Gasteiger partial charge in [-0.15, -0.1) is 0 Å². The molecule has 0 atom stereocenters. The number of carbonyl (C=O) groups excluding carboxylic acids is 2. The van der Waals surface area contributed by atoms with E-state index >= 15 is 0 Å². The van der Waals surface area contributed by atoms with Crippen molar-refractivity contribution in [3.8, 4) is 0 Å². The lowest BCUT2D eigenvalue weighted by Crippen LogP contribution is -2.38. The summed E-state index contributed by atoms with van der Waals surface area (Å²) in [6, 6.07) is 4.32. The Kier molecular flexibility index (Phi) is 2.91. The average Bonchev–Trinajstić information content (AvgIpc) is 2.98. The number of hydrogen-bond donors (Lipinski definition) is 1. The van der Waals surface area contributed by atoms with Gasteiger partial charge in [0.25, 0.3) is 5.91 Å². The zero-order chi connectivity index (χ0) is 12.6. The summed E-state index contributed by atoms with van der Waals surface area (Å²) in [7, 11) is 0. The van der Waals surface area contributed by atoms with Crippen molar-refractivity contribution in [2.75, 3.05) is 0 Å². The molecule has 0 aromatic heterocycles. The molecule has 1 fully saturated rings. The average molecular weight is 256 g/mol. The van der Waals surface area contributed by atoms with Crippen molar-refractivity contribution in [3.05, 3.63) is 34.6 Å². The van der Waals surface area contributed by atoms with Crippen LogP contribution in [0, 0.1) is 5.82 Å². The summed E-state index contributed by atoms with van der Waals surface area (Å²) < 4.78 is 13.7. The number of ketones is 1. The monoisotopic (exact) mass is 255 g/mol. The minimum atomic E-state index is -0.725. The summed E-state index contributed by atoms with van der Waals surface area (Å²) in [6.07, 6.45) is 1.26. The second-order valence-corrected chi connectivity index (χ2v) is 4.65. The summed E-state index contributed by atoms with van der Waals surface area (Å²) >= 11 is 5.66. The Bertz CT molecular complexity index is 497. The fourth-order valence-electron chi connectivity index (χ4n) is 1.77. The molecule has 0 unspecified atom stereocenters. The Morgan fingerprint density at radius 2 is 2.06 bits per heavy atom. The molecular weight excluding hydrogens is 245 g/mol. The first kappa shape index (κ1) is 12.0. The molecule has 1 N–H and O–H groups in total. The lowest BCUT2D eigenvalue weighted by atomic mass is 10.0. The van der Waals surface area contributed by atoms with Gasteiger partial charge < -0.3 is 5.32 Å². The van der Waals surface area contributed by atoms with Gasteiger partial charge in [-0.1, -0.05) is 17.7 Å². The molecule has 1 saturated carbocycles. The SMILES string of the molecule is CC(=O)C(=O)NC1(c2ccc(Cl)cc2F)CC1. The van der Waals surface area contributed by atoms with Gasteiger partial charge in [0.15, 0.2) is 0 Å². The zero-order valence-corrected chi connectivity index (χ0v) is 9.97. The molecule has 0 radical (unpaired) electrons. The molecule has 2 rings (SSSR count). The highest BCUT2D eigenvalue weighted by Crippen LogP contribution is 2.46. The molecule has 3 nitrogen and oxygen atoms in total. The van der Waals surface area contributed by atoms with Crippen molar-refractivity contribution < 1.29 is 14.0 Å². The summed E-state index contributed by atoms with van der Waals surface area (Å²) in [6.45, 7) is 1.18. The van der Waals surface area contributed by atoms with Gasteiger partial charge in [0, 0.05) is 17.5 Å². The minimum absolute atomic E-state index is 0.306. The number of rotatable bonds is 3. The second kappa shape index (κ2) is 4.11. The van der Waals surface area contributed by atoms with E-state index < -0.39 is 23.0 Å². The van der Waals surface area contributed by atoms with Crippen LogP contribution in [0.2, 0.25) is 5.02 Å².